The van der Waals surface area contributed by atoms with E-state index in [9.17, 15) is 0 Å². The molecule has 2 heterocycles. The van der Waals surface area contributed by atoms with Crippen LogP contribution in [0, 0.1) is 0 Å². The maximum absolute atomic E-state index is 5.04. The van der Waals surface area contributed by atoms with Gasteiger partial charge in [0.15, 0.2) is 0 Å². The second kappa shape index (κ2) is 8.51. The van der Waals surface area contributed by atoms with Gasteiger partial charge < -0.3 is 4.57 Å². The maximum atomic E-state index is 5.04. The Hall–Kier alpha value is -3.45. The number of aromatic nitrogens is 6. The van der Waals surface area contributed by atoms with Crippen LogP contribution in [0.5, 0.6) is 0 Å². The highest BCUT2D eigenvalue weighted by Crippen LogP contribution is 2.39. The van der Waals surface area contributed by atoms with E-state index in [0.29, 0.717) is 5.16 Å². The summed E-state index contributed by atoms with van der Waals surface area (Å²) in [6.45, 7) is 0.843. The van der Waals surface area contributed by atoms with Crippen LogP contribution in [0.4, 0.5) is 0 Å². The molecule has 0 amide bonds. The number of hydrogen-bond donors (Lipinski definition) is 1. The van der Waals surface area contributed by atoms with E-state index in [1.165, 1.54) is 5.56 Å². The molecule has 5 rings (SSSR count). The van der Waals surface area contributed by atoms with Gasteiger partial charge in [0.2, 0.25) is 5.16 Å². The second-order valence-electron chi connectivity index (χ2n) is 6.95. The third-order valence-corrected chi connectivity index (χ3v) is 6.14. The molecular weight excluding hydrogens is 392 g/mol. The largest absolute Gasteiger partial charge is 0.326 e. The van der Waals surface area contributed by atoms with Gasteiger partial charge in [-0.15, -0.1) is 10.2 Å². The third-order valence-electron chi connectivity index (χ3n) is 5.04. The van der Waals surface area contributed by atoms with Crippen LogP contribution in [0.15, 0.2) is 90.1 Å². The zero-order valence-electron chi connectivity index (χ0n) is 16.2. The van der Waals surface area contributed by atoms with Crippen molar-refractivity contribution in [2.24, 2.45) is 0 Å². The summed E-state index contributed by atoms with van der Waals surface area (Å²) in [4.78, 5) is 5.04. The summed E-state index contributed by atoms with van der Waals surface area (Å²) in [5.41, 5.74) is 4.60. The lowest BCUT2D eigenvalue weighted by Crippen LogP contribution is -2.10. The summed E-state index contributed by atoms with van der Waals surface area (Å²) < 4.78 is 2.33. The topological polar surface area (TPSA) is 72.3 Å². The van der Waals surface area contributed by atoms with Crippen molar-refractivity contribution in [2.45, 2.75) is 23.4 Å². The van der Waals surface area contributed by atoms with E-state index >= 15 is 0 Å². The van der Waals surface area contributed by atoms with Crippen LogP contribution in [0.25, 0.3) is 11.0 Å². The average Bonchev–Trinajstić information content (AvgIpc) is 3.45. The standard InChI is InChI=1S/C23H20N6S/c1-3-9-17(10-4-1)15-16-29-20-14-8-7-13-19(20)24-22(29)21(18-11-5-2-6-12-18)30-23-25-27-28-26-23/h1-14,21H,15-16H2,(H,25,26,27,28). The van der Waals surface area contributed by atoms with Gasteiger partial charge in [-0.2, -0.15) is 5.21 Å². The molecule has 1 N–H and O–H groups in total. The summed E-state index contributed by atoms with van der Waals surface area (Å²) in [6.07, 6.45) is 0.933. The van der Waals surface area contributed by atoms with Gasteiger partial charge in [-0.1, -0.05) is 84.6 Å². The van der Waals surface area contributed by atoms with Gasteiger partial charge in [-0.05, 0) is 34.9 Å². The summed E-state index contributed by atoms with van der Waals surface area (Å²) in [5.74, 6) is 0.994. The Labute approximate surface area is 178 Å². The fourth-order valence-electron chi connectivity index (χ4n) is 3.62. The first-order chi connectivity index (χ1) is 14.9. The number of aromatic amines is 1. The second-order valence-corrected chi connectivity index (χ2v) is 8.02. The zero-order valence-corrected chi connectivity index (χ0v) is 17.0. The number of fused-ring (bicyclic) bond motifs is 1. The Morgan fingerprint density at radius 3 is 2.37 bits per heavy atom. The first-order valence-electron chi connectivity index (χ1n) is 9.82. The van der Waals surface area contributed by atoms with Crippen molar-refractivity contribution in [3.8, 4) is 0 Å². The number of tetrazole rings is 1. The van der Waals surface area contributed by atoms with Crippen LogP contribution in [-0.4, -0.2) is 30.2 Å². The van der Waals surface area contributed by atoms with Gasteiger partial charge >= 0.3 is 0 Å². The number of thioether (sulfide) groups is 1. The summed E-state index contributed by atoms with van der Waals surface area (Å²) in [6, 6.07) is 29.2. The molecule has 6 nitrogen and oxygen atoms in total. The monoisotopic (exact) mass is 412 g/mol. The molecule has 0 bridgehead atoms. The van der Waals surface area contributed by atoms with Gasteiger partial charge in [0.1, 0.15) is 5.82 Å². The molecule has 0 fully saturated rings. The van der Waals surface area contributed by atoms with E-state index in [1.54, 1.807) is 11.8 Å². The van der Waals surface area contributed by atoms with Gasteiger partial charge in [-0.3, -0.25) is 0 Å². The highest BCUT2D eigenvalue weighted by molar-refractivity contribution is 7.99. The van der Waals surface area contributed by atoms with E-state index in [1.807, 2.05) is 12.1 Å². The van der Waals surface area contributed by atoms with E-state index < -0.39 is 0 Å². The molecule has 2 aromatic heterocycles. The molecule has 30 heavy (non-hydrogen) atoms. The molecule has 3 aromatic carbocycles. The third kappa shape index (κ3) is 3.84. The van der Waals surface area contributed by atoms with Crippen molar-refractivity contribution in [3.63, 3.8) is 0 Å². The van der Waals surface area contributed by atoms with E-state index in [2.05, 4.69) is 98.0 Å². The number of para-hydroxylation sites is 2. The number of benzene rings is 3. The van der Waals surface area contributed by atoms with Crippen LogP contribution in [0.1, 0.15) is 22.2 Å². The molecule has 7 heteroatoms. The molecular formula is C23H20N6S. The molecule has 148 valence electrons. The van der Waals surface area contributed by atoms with Gasteiger partial charge in [0.25, 0.3) is 0 Å². The summed E-state index contributed by atoms with van der Waals surface area (Å²) >= 11 is 1.55. The maximum Gasteiger partial charge on any atom is 0.231 e. The van der Waals surface area contributed by atoms with Crippen molar-refractivity contribution >= 4 is 22.8 Å². The molecule has 0 spiro atoms. The fraction of sp³-hybridized carbons (Fsp3) is 0.130. The lowest BCUT2D eigenvalue weighted by Gasteiger charge is -2.17. The number of rotatable bonds is 7. The minimum absolute atomic E-state index is 0.0491. The lowest BCUT2D eigenvalue weighted by molar-refractivity contribution is 0.675. The molecule has 0 aliphatic carbocycles. The smallest absolute Gasteiger partial charge is 0.231 e. The Balaban J connectivity index is 1.59. The fourth-order valence-corrected chi connectivity index (χ4v) is 4.59. The molecule has 0 aliphatic rings. The minimum atomic E-state index is -0.0491. The van der Waals surface area contributed by atoms with E-state index in [0.717, 1.165) is 35.4 Å². The lowest BCUT2D eigenvalue weighted by atomic mass is 10.1. The first kappa shape index (κ1) is 18.6. The number of imidazole rings is 1. The molecule has 5 aromatic rings. The summed E-state index contributed by atoms with van der Waals surface area (Å²) in [5, 5.41) is 15.1. The first-order valence-corrected chi connectivity index (χ1v) is 10.7. The predicted molar refractivity (Wildman–Crippen MR) is 118 cm³/mol. The SMILES string of the molecule is c1ccc(CCn2c(C(Sc3nn[nH]n3)c3ccccc3)nc3ccccc32)cc1. The Morgan fingerprint density at radius 2 is 1.60 bits per heavy atom. The Morgan fingerprint density at radius 1 is 0.867 bits per heavy atom. The zero-order chi connectivity index (χ0) is 20.2. The highest BCUT2D eigenvalue weighted by atomic mass is 32.2. The van der Waals surface area contributed by atoms with Crippen LogP contribution in [0.3, 0.4) is 0 Å². The van der Waals surface area contributed by atoms with Crippen LogP contribution in [-0.2, 0) is 13.0 Å². The van der Waals surface area contributed by atoms with Crippen LogP contribution < -0.4 is 0 Å². The Kier molecular flexibility index (Phi) is 5.26. The van der Waals surface area contributed by atoms with Crippen LogP contribution in [0.2, 0.25) is 0 Å². The van der Waals surface area contributed by atoms with Gasteiger partial charge in [0, 0.05) is 6.54 Å². The minimum Gasteiger partial charge on any atom is -0.326 e. The molecule has 0 aliphatic heterocycles. The number of nitrogens with zero attached hydrogens (tertiary/aromatic N) is 5. The number of hydrogen-bond acceptors (Lipinski definition) is 5. The van der Waals surface area contributed by atoms with E-state index in [-0.39, 0.29) is 5.25 Å². The van der Waals surface area contributed by atoms with Crippen molar-refractivity contribution in [3.05, 3.63) is 102 Å². The molecule has 1 atom stereocenters. The number of aryl methyl sites for hydroxylation is 2. The van der Waals surface area contributed by atoms with Crippen molar-refractivity contribution in [1.82, 2.24) is 30.2 Å². The van der Waals surface area contributed by atoms with Gasteiger partial charge in [0.05, 0.1) is 16.3 Å². The van der Waals surface area contributed by atoms with Crippen molar-refractivity contribution in [2.75, 3.05) is 0 Å². The number of H-pyrrole nitrogens is 1. The highest BCUT2D eigenvalue weighted by Gasteiger charge is 2.24. The molecule has 0 saturated heterocycles. The molecule has 0 saturated carbocycles. The summed E-state index contributed by atoms with van der Waals surface area (Å²) in [7, 11) is 0. The van der Waals surface area contributed by atoms with Crippen molar-refractivity contribution in [1.29, 1.82) is 0 Å². The Bertz CT molecular complexity index is 1220. The van der Waals surface area contributed by atoms with Crippen molar-refractivity contribution < 1.29 is 0 Å². The van der Waals surface area contributed by atoms with E-state index in [4.69, 9.17) is 4.98 Å². The molecule has 1 unspecified atom stereocenters. The quantitative estimate of drug-likeness (QED) is 0.393. The average molecular weight is 413 g/mol. The predicted octanol–water partition coefficient (Wildman–Crippen LogP) is 4.67. The normalized spacial score (nSPS) is 12.3. The molecule has 0 radical (unpaired) electrons. The van der Waals surface area contributed by atoms with Gasteiger partial charge in [-0.25, -0.2) is 4.98 Å². The van der Waals surface area contributed by atoms with Crippen LogP contribution >= 0.6 is 11.8 Å². The number of nitrogens with one attached hydrogen (secondary N) is 1.